The second-order valence-electron chi connectivity index (χ2n) is 1.69. The van der Waals surface area contributed by atoms with Gasteiger partial charge in [0.25, 0.3) is 0 Å². The summed E-state index contributed by atoms with van der Waals surface area (Å²) in [4.78, 5) is 7.72. The van der Waals surface area contributed by atoms with Crippen molar-refractivity contribution in [2.45, 2.75) is 0 Å². The first kappa shape index (κ1) is 7.02. The lowest BCUT2D eigenvalue weighted by atomic mass is 10.5. The highest BCUT2D eigenvalue weighted by Crippen LogP contribution is 2.08. The van der Waals surface area contributed by atoms with Crippen LogP contribution in [0.25, 0.3) is 11.1 Å². The summed E-state index contributed by atoms with van der Waals surface area (Å²) in [5.74, 6) is 0. The highest BCUT2D eigenvalue weighted by Gasteiger charge is 1.92. The fourth-order valence-electron chi connectivity index (χ4n) is 0.714. The minimum atomic E-state index is 0. The lowest BCUT2D eigenvalue weighted by molar-refractivity contribution is 0.613. The Kier molecular flexibility index (Phi) is 1.87. The number of rotatable bonds is 0. The molecule has 0 atom stereocenters. The van der Waals surface area contributed by atoms with Crippen LogP contribution in [-0.2, 0) is 0 Å². The summed E-state index contributed by atoms with van der Waals surface area (Å²) in [7, 11) is 0. The molecule has 2 heterocycles. The standard InChI is InChI=1S/C6H4N2O.ClH/c1-2-9-6-3-7-4-8-5(1)6;/h1-4H;1H. The Morgan fingerprint density at radius 2 is 2.30 bits per heavy atom. The first-order valence-corrected chi connectivity index (χ1v) is 2.60. The van der Waals surface area contributed by atoms with Gasteiger partial charge in [0.1, 0.15) is 11.8 Å². The lowest BCUT2D eigenvalue weighted by Crippen LogP contribution is -1.72. The van der Waals surface area contributed by atoms with Gasteiger partial charge in [-0.1, -0.05) is 0 Å². The van der Waals surface area contributed by atoms with Crippen molar-refractivity contribution in [3.63, 3.8) is 0 Å². The number of halogens is 1. The van der Waals surface area contributed by atoms with E-state index in [0.29, 0.717) is 0 Å². The molecule has 0 saturated heterocycles. The molecule has 0 saturated carbocycles. The molecule has 2 rings (SSSR count). The first-order valence-electron chi connectivity index (χ1n) is 2.60. The van der Waals surface area contributed by atoms with Crippen LogP contribution in [0.1, 0.15) is 0 Å². The van der Waals surface area contributed by atoms with Crippen LogP contribution < -0.4 is 0 Å². The van der Waals surface area contributed by atoms with E-state index in [-0.39, 0.29) is 12.4 Å². The Morgan fingerprint density at radius 1 is 1.40 bits per heavy atom. The lowest BCUT2D eigenvalue weighted by Gasteiger charge is -1.80. The third kappa shape index (κ3) is 0.953. The van der Waals surface area contributed by atoms with Crippen molar-refractivity contribution in [2.24, 2.45) is 0 Å². The topological polar surface area (TPSA) is 38.9 Å². The van der Waals surface area contributed by atoms with Gasteiger partial charge < -0.3 is 4.42 Å². The zero-order chi connectivity index (χ0) is 6.10. The van der Waals surface area contributed by atoms with Gasteiger partial charge in [0.2, 0.25) is 0 Å². The fraction of sp³-hybridized carbons (Fsp3) is 0. The zero-order valence-electron chi connectivity index (χ0n) is 5.02. The number of furan rings is 1. The van der Waals surface area contributed by atoms with Crippen LogP contribution in [0, 0.1) is 0 Å². The molecule has 10 heavy (non-hydrogen) atoms. The molecule has 0 aliphatic rings. The average Bonchev–Trinajstić information content (AvgIpc) is 2.33. The third-order valence-corrected chi connectivity index (χ3v) is 1.13. The van der Waals surface area contributed by atoms with Gasteiger partial charge in [-0.2, -0.15) is 0 Å². The maximum Gasteiger partial charge on any atom is 0.170 e. The van der Waals surface area contributed by atoms with E-state index in [4.69, 9.17) is 4.42 Å². The van der Waals surface area contributed by atoms with Crippen molar-refractivity contribution < 1.29 is 4.42 Å². The van der Waals surface area contributed by atoms with Gasteiger partial charge in [-0.05, 0) is 0 Å². The van der Waals surface area contributed by atoms with Gasteiger partial charge in [0.05, 0.1) is 12.5 Å². The Labute approximate surface area is 63.5 Å². The van der Waals surface area contributed by atoms with Gasteiger partial charge in [0, 0.05) is 6.07 Å². The van der Waals surface area contributed by atoms with Crippen LogP contribution in [0.3, 0.4) is 0 Å². The van der Waals surface area contributed by atoms with Gasteiger partial charge in [-0.3, -0.25) is 0 Å². The molecule has 0 N–H and O–H groups in total. The highest BCUT2D eigenvalue weighted by molar-refractivity contribution is 5.85. The van der Waals surface area contributed by atoms with E-state index in [0.717, 1.165) is 11.1 Å². The SMILES string of the molecule is Cl.c1ncc2occc2n1. The van der Waals surface area contributed by atoms with Gasteiger partial charge >= 0.3 is 0 Å². The Bertz CT molecular complexity index is 290. The molecule has 0 spiro atoms. The Morgan fingerprint density at radius 3 is 3.10 bits per heavy atom. The Balaban J connectivity index is 0.000000500. The summed E-state index contributed by atoms with van der Waals surface area (Å²) in [5, 5.41) is 0. The maximum atomic E-state index is 4.99. The van der Waals surface area contributed by atoms with Crippen molar-refractivity contribution in [3.05, 3.63) is 24.9 Å². The molecule has 0 aromatic carbocycles. The second kappa shape index (κ2) is 2.66. The van der Waals surface area contributed by atoms with Crippen molar-refractivity contribution >= 4 is 23.5 Å². The summed E-state index contributed by atoms with van der Waals surface area (Å²) < 4.78 is 4.99. The van der Waals surface area contributed by atoms with E-state index in [2.05, 4.69) is 9.97 Å². The van der Waals surface area contributed by atoms with Crippen molar-refractivity contribution in [3.8, 4) is 0 Å². The number of nitrogens with zero attached hydrogens (tertiary/aromatic N) is 2. The smallest absolute Gasteiger partial charge is 0.170 e. The molecule has 0 bridgehead atoms. The van der Waals surface area contributed by atoms with E-state index in [9.17, 15) is 0 Å². The number of hydrogen-bond acceptors (Lipinski definition) is 3. The first-order chi connectivity index (χ1) is 4.47. The van der Waals surface area contributed by atoms with E-state index in [1.807, 2.05) is 0 Å². The van der Waals surface area contributed by atoms with Crippen molar-refractivity contribution in [2.75, 3.05) is 0 Å². The molecule has 2 aromatic heterocycles. The number of aromatic nitrogens is 2. The summed E-state index contributed by atoms with van der Waals surface area (Å²) in [6, 6.07) is 1.80. The van der Waals surface area contributed by atoms with Crippen LogP contribution in [0.5, 0.6) is 0 Å². The molecule has 0 fully saturated rings. The Hall–Kier alpha value is -1.09. The van der Waals surface area contributed by atoms with Crippen LogP contribution >= 0.6 is 12.4 Å². The van der Waals surface area contributed by atoms with Gasteiger partial charge in [-0.25, -0.2) is 9.97 Å². The molecular formula is C6H5ClN2O. The summed E-state index contributed by atoms with van der Waals surface area (Å²) in [6.45, 7) is 0. The normalized spacial score (nSPS) is 9.20. The quantitative estimate of drug-likeness (QED) is 0.582. The van der Waals surface area contributed by atoms with Crippen LogP contribution in [0.15, 0.2) is 29.3 Å². The molecule has 4 heteroatoms. The molecule has 0 radical (unpaired) electrons. The molecule has 0 aliphatic carbocycles. The molecule has 3 nitrogen and oxygen atoms in total. The number of fused-ring (bicyclic) bond motifs is 1. The largest absolute Gasteiger partial charge is 0.461 e. The van der Waals surface area contributed by atoms with Crippen LogP contribution in [0.4, 0.5) is 0 Å². The monoisotopic (exact) mass is 156 g/mol. The third-order valence-electron chi connectivity index (χ3n) is 1.13. The summed E-state index contributed by atoms with van der Waals surface area (Å²) >= 11 is 0. The summed E-state index contributed by atoms with van der Waals surface area (Å²) in [5.41, 5.74) is 1.59. The average molecular weight is 157 g/mol. The van der Waals surface area contributed by atoms with Crippen LogP contribution in [-0.4, -0.2) is 9.97 Å². The van der Waals surface area contributed by atoms with Gasteiger partial charge in [-0.15, -0.1) is 12.4 Å². The van der Waals surface area contributed by atoms with Gasteiger partial charge in [0.15, 0.2) is 5.58 Å². The van der Waals surface area contributed by atoms with E-state index >= 15 is 0 Å². The second-order valence-corrected chi connectivity index (χ2v) is 1.69. The highest BCUT2D eigenvalue weighted by atomic mass is 35.5. The molecule has 2 aromatic rings. The summed E-state index contributed by atoms with van der Waals surface area (Å²) in [6.07, 6.45) is 4.74. The van der Waals surface area contributed by atoms with Crippen molar-refractivity contribution in [1.29, 1.82) is 0 Å². The molecule has 0 amide bonds. The van der Waals surface area contributed by atoms with E-state index in [1.165, 1.54) is 6.33 Å². The predicted octanol–water partition coefficient (Wildman–Crippen LogP) is 1.64. The maximum absolute atomic E-state index is 4.99. The zero-order valence-corrected chi connectivity index (χ0v) is 5.84. The van der Waals surface area contributed by atoms with E-state index < -0.39 is 0 Å². The molecule has 0 aliphatic heterocycles. The minimum Gasteiger partial charge on any atom is -0.461 e. The van der Waals surface area contributed by atoms with Crippen molar-refractivity contribution in [1.82, 2.24) is 9.97 Å². The fourth-order valence-corrected chi connectivity index (χ4v) is 0.714. The predicted molar refractivity (Wildman–Crippen MR) is 39.1 cm³/mol. The van der Waals surface area contributed by atoms with E-state index in [1.54, 1.807) is 18.5 Å². The number of hydrogen-bond donors (Lipinski definition) is 0. The molecule has 52 valence electrons. The minimum absolute atomic E-state index is 0. The van der Waals surface area contributed by atoms with Crippen LogP contribution in [0.2, 0.25) is 0 Å². The molecule has 0 unspecified atom stereocenters. The molecular weight excluding hydrogens is 152 g/mol.